The van der Waals surface area contributed by atoms with Crippen LogP contribution in [0.1, 0.15) is 45.8 Å². The predicted molar refractivity (Wildman–Crippen MR) is 191 cm³/mol. The summed E-state index contributed by atoms with van der Waals surface area (Å²) in [5, 5.41) is 32.6. The van der Waals surface area contributed by atoms with Gasteiger partial charge in [-0.15, -0.1) is 0 Å². The lowest BCUT2D eigenvalue weighted by Gasteiger charge is -2.50. The summed E-state index contributed by atoms with van der Waals surface area (Å²) in [5.41, 5.74) is 4.01. The molecule has 0 bridgehead atoms. The number of nitrogens with one attached hydrogen (secondary N) is 1. The third-order valence-electron chi connectivity index (χ3n) is 11.4. The van der Waals surface area contributed by atoms with E-state index in [1.54, 1.807) is 48.5 Å². The van der Waals surface area contributed by atoms with E-state index in [1.165, 1.54) is 19.2 Å². The van der Waals surface area contributed by atoms with E-state index in [0.717, 1.165) is 27.6 Å². The van der Waals surface area contributed by atoms with Gasteiger partial charge in [0.15, 0.2) is 0 Å². The molecule has 12 nitrogen and oxygen atoms in total. The number of fused-ring (bicyclic) bond motifs is 4. The molecule has 0 radical (unpaired) electrons. The molecule has 2 aliphatic carbocycles. The molecule has 2 heterocycles. The van der Waals surface area contributed by atoms with Crippen LogP contribution in [-0.4, -0.2) is 57.0 Å². The predicted octanol–water partition coefficient (Wildman–Crippen LogP) is 5.30. The second kappa shape index (κ2) is 12.4. The van der Waals surface area contributed by atoms with Crippen molar-refractivity contribution in [1.29, 1.82) is 0 Å². The van der Waals surface area contributed by atoms with Crippen molar-refractivity contribution < 1.29 is 44.0 Å². The van der Waals surface area contributed by atoms with Crippen LogP contribution < -0.4 is 15.1 Å². The van der Waals surface area contributed by atoms with Gasteiger partial charge < -0.3 is 20.1 Å². The molecule has 2 aliphatic heterocycles. The molecule has 53 heavy (non-hydrogen) atoms. The van der Waals surface area contributed by atoms with Crippen molar-refractivity contribution in [2.75, 3.05) is 17.4 Å². The van der Waals surface area contributed by atoms with Crippen LogP contribution in [-0.2, 0) is 24.6 Å². The summed E-state index contributed by atoms with van der Waals surface area (Å²) >= 11 is 0. The van der Waals surface area contributed by atoms with Crippen molar-refractivity contribution in [3.05, 3.63) is 125 Å². The Morgan fingerprint density at radius 2 is 1.58 bits per heavy atom. The molecule has 2 saturated heterocycles. The molecule has 4 aliphatic rings. The number of carbonyl (C=O) groups is 5. The average molecular weight is 714 g/mol. The molecule has 6 atom stereocenters. The maximum atomic E-state index is 15.3. The van der Waals surface area contributed by atoms with E-state index in [9.17, 15) is 34.5 Å². The van der Waals surface area contributed by atoms with Gasteiger partial charge in [-0.2, -0.15) is 5.01 Å². The summed E-state index contributed by atoms with van der Waals surface area (Å²) in [4.78, 5) is 71.2. The summed E-state index contributed by atoms with van der Waals surface area (Å²) in [5.74, 6) is -8.59. The second-order valence-corrected chi connectivity index (χ2v) is 14.0. The number of methoxy groups -OCH3 is 1. The molecule has 12 heteroatoms. The van der Waals surface area contributed by atoms with Crippen LogP contribution in [0, 0.1) is 30.6 Å². The van der Waals surface area contributed by atoms with E-state index in [2.05, 4.69) is 5.43 Å². The highest BCUT2D eigenvalue weighted by Gasteiger charge is 2.71. The first-order valence-corrected chi connectivity index (χ1v) is 17.3. The molecular formula is C41H35N3O9. The van der Waals surface area contributed by atoms with Crippen molar-refractivity contribution in [2.45, 2.75) is 31.1 Å². The van der Waals surface area contributed by atoms with Gasteiger partial charge in [-0.05, 0) is 67.6 Å². The van der Waals surface area contributed by atoms with Gasteiger partial charge in [0.1, 0.15) is 22.8 Å². The second-order valence-electron chi connectivity index (χ2n) is 14.0. The molecule has 0 unspecified atom stereocenters. The Hall–Kier alpha value is -6.43. The highest BCUT2D eigenvalue weighted by atomic mass is 16.5. The molecule has 4 aromatic carbocycles. The Morgan fingerprint density at radius 3 is 2.26 bits per heavy atom. The minimum absolute atomic E-state index is 0.0207. The van der Waals surface area contributed by atoms with Crippen LogP contribution in [0.5, 0.6) is 17.2 Å². The number of nitrogens with zero attached hydrogens (tertiary/aromatic N) is 2. The smallest absolute Gasteiger partial charge is 0.339 e. The van der Waals surface area contributed by atoms with Gasteiger partial charge in [0.05, 0.1) is 41.7 Å². The first-order chi connectivity index (χ1) is 25.5. The van der Waals surface area contributed by atoms with Crippen molar-refractivity contribution >= 4 is 41.0 Å². The number of aromatic hydroxyl groups is 2. The number of carboxylic acid groups (broad SMARTS) is 1. The number of allylic oxidation sites excluding steroid dienone is 2. The Bertz CT molecular complexity index is 2250. The van der Waals surface area contributed by atoms with Crippen molar-refractivity contribution in [3.8, 4) is 17.2 Å². The monoisotopic (exact) mass is 713 g/mol. The number of amides is 4. The molecule has 1 saturated carbocycles. The number of anilines is 2. The maximum Gasteiger partial charge on any atom is 0.339 e. The minimum Gasteiger partial charge on any atom is -0.508 e. The molecule has 0 spiro atoms. The van der Waals surface area contributed by atoms with Gasteiger partial charge >= 0.3 is 5.97 Å². The van der Waals surface area contributed by atoms with E-state index < -0.39 is 70.4 Å². The molecule has 268 valence electrons. The third-order valence-corrected chi connectivity index (χ3v) is 11.4. The van der Waals surface area contributed by atoms with Crippen LogP contribution in [0.3, 0.4) is 0 Å². The minimum atomic E-state index is -1.61. The zero-order chi connectivity index (χ0) is 37.3. The van der Waals surface area contributed by atoms with E-state index in [4.69, 9.17) is 4.74 Å². The van der Waals surface area contributed by atoms with Gasteiger partial charge in [-0.3, -0.25) is 24.6 Å². The SMILES string of the molecule is COc1cccc(O)c1[C@H]1C2=CC[C@@H]3C(=O)N(c4ccc(C(=O)O)c(O)c4)C(=O)[C@@H]3[C@@H]2C[C@H]2C(=O)N(Nc3ccc(C)cc3)C(=O)[C@@]12c1ccccc1. The van der Waals surface area contributed by atoms with E-state index in [0.29, 0.717) is 16.8 Å². The summed E-state index contributed by atoms with van der Waals surface area (Å²) in [7, 11) is 1.45. The maximum absolute atomic E-state index is 15.3. The fourth-order valence-corrected chi connectivity index (χ4v) is 9.16. The normalized spacial score (nSPS) is 26.2. The third kappa shape index (κ3) is 4.85. The number of hydrazine groups is 1. The van der Waals surface area contributed by atoms with Gasteiger partial charge in [0, 0.05) is 17.5 Å². The molecule has 4 N–H and O–H groups in total. The van der Waals surface area contributed by atoms with E-state index in [-0.39, 0.29) is 41.2 Å². The molecule has 3 fully saturated rings. The molecule has 4 amide bonds. The van der Waals surface area contributed by atoms with Gasteiger partial charge in [0.2, 0.25) is 11.8 Å². The standard InChI is InChI=1S/C41H35N3O9/c1-21-11-13-23(14-12-21)42-44-37(48)29-20-28-25(17-18-27-33(28)38(49)43(36(27)47)24-15-16-26(39(50)51)31(46)19-24)35(34-30(45)9-6-10-32(34)53-2)41(29,40(44)52)22-7-4-3-5-8-22/h3-17,19,27-29,33,35,42,45-46H,18,20H2,1-2H3,(H,50,51)/t27-,28+,29-,33-,35+,41+/m0/s1. The lowest BCUT2D eigenvalue weighted by atomic mass is 9.49. The number of aryl methyl sites for hydroxylation is 1. The van der Waals surface area contributed by atoms with Crippen LogP contribution in [0.25, 0.3) is 0 Å². The molecule has 4 aromatic rings. The number of hydrogen-bond donors (Lipinski definition) is 4. The van der Waals surface area contributed by atoms with Crippen molar-refractivity contribution in [1.82, 2.24) is 5.01 Å². The van der Waals surface area contributed by atoms with Gasteiger partial charge in [0.25, 0.3) is 11.8 Å². The summed E-state index contributed by atoms with van der Waals surface area (Å²) in [6, 6.07) is 24.5. The largest absolute Gasteiger partial charge is 0.508 e. The Labute approximate surface area is 303 Å². The van der Waals surface area contributed by atoms with Crippen LogP contribution in [0.15, 0.2) is 103 Å². The van der Waals surface area contributed by atoms with Gasteiger partial charge in [-0.1, -0.05) is 65.7 Å². The quantitative estimate of drug-likeness (QED) is 0.145. The number of carbonyl (C=O) groups excluding carboxylic acids is 4. The number of benzene rings is 4. The zero-order valence-electron chi connectivity index (χ0n) is 28.7. The number of aromatic carboxylic acids is 1. The summed E-state index contributed by atoms with van der Waals surface area (Å²) < 4.78 is 5.81. The fraction of sp³-hybridized carbons (Fsp3) is 0.244. The summed E-state index contributed by atoms with van der Waals surface area (Å²) in [6.45, 7) is 1.92. The first kappa shape index (κ1) is 33.7. The number of carboxylic acids is 1. The highest BCUT2D eigenvalue weighted by molar-refractivity contribution is 6.23. The number of ether oxygens (including phenoxy) is 1. The van der Waals surface area contributed by atoms with Crippen LogP contribution >= 0.6 is 0 Å². The Kier molecular flexibility index (Phi) is 7.86. The lowest BCUT2D eigenvalue weighted by molar-refractivity contribution is -0.138. The number of hydrogen-bond acceptors (Lipinski definition) is 9. The number of phenols is 2. The first-order valence-electron chi connectivity index (χ1n) is 17.3. The molecule has 8 rings (SSSR count). The number of rotatable bonds is 7. The average Bonchev–Trinajstić information content (AvgIpc) is 3.53. The van der Waals surface area contributed by atoms with Gasteiger partial charge in [-0.25, -0.2) is 9.69 Å². The molecule has 0 aromatic heterocycles. The van der Waals surface area contributed by atoms with Crippen molar-refractivity contribution in [2.24, 2.45) is 23.7 Å². The summed E-state index contributed by atoms with van der Waals surface area (Å²) in [6.07, 6.45) is 2.00. The van der Waals surface area contributed by atoms with Crippen LogP contribution in [0.4, 0.5) is 11.4 Å². The Balaban J connectivity index is 1.32. The van der Waals surface area contributed by atoms with E-state index in [1.807, 2.05) is 31.2 Å². The Morgan fingerprint density at radius 1 is 0.849 bits per heavy atom. The number of phenolic OH excluding ortho intramolecular Hbond substituents is 1. The zero-order valence-corrected chi connectivity index (χ0v) is 28.7. The molecular weight excluding hydrogens is 678 g/mol. The topological polar surface area (TPSA) is 174 Å². The van der Waals surface area contributed by atoms with Crippen molar-refractivity contribution in [3.63, 3.8) is 0 Å². The number of imide groups is 2. The highest BCUT2D eigenvalue weighted by Crippen LogP contribution is 2.66. The fourth-order valence-electron chi connectivity index (χ4n) is 9.16. The lowest BCUT2D eigenvalue weighted by Crippen LogP contribution is -2.53. The van der Waals surface area contributed by atoms with E-state index >= 15 is 4.79 Å². The van der Waals surface area contributed by atoms with Crippen LogP contribution in [0.2, 0.25) is 0 Å².